The van der Waals surface area contributed by atoms with E-state index in [0.717, 1.165) is 48.2 Å². The highest BCUT2D eigenvalue weighted by molar-refractivity contribution is 5.76. The topological polar surface area (TPSA) is 25.8 Å². The summed E-state index contributed by atoms with van der Waals surface area (Å²) in [6.07, 6.45) is 32.5. The van der Waals surface area contributed by atoms with Crippen LogP contribution in [0.3, 0.4) is 0 Å². The number of nitrogens with zero attached hydrogens (tertiary/aromatic N) is 2. The van der Waals surface area contributed by atoms with Crippen LogP contribution in [0.2, 0.25) is 0 Å². The average molecular weight is 709 g/mol. The zero-order chi connectivity index (χ0) is 37.1. The number of aromatic nitrogens is 2. The van der Waals surface area contributed by atoms with E-state index in [9.17, 15) is 0 Å². The highest BCUT2D eigenvalue weighted by atomic mass is 14.8. The van der Waals surface area contributed by atoms with E-state index in [0.29, 0.717) is 0 Å². The molecule has 2 aromatic heterocycles. The van der Waals surface area contributed by atoms with Gasteiger partial charge >= 0.3 is 0 Å². The highest BCUT2D eigenvalue weighted by Crippen LogP contribution is 2.42. The van der Waals surface area contributed by atoms with Crippen molar-refractivity contribution < 1.29 is 0 Å². The standard InChI is InChI=1S/C52H56N2/c1-3-5-7-17-31-51(33-19-11-20-34-51)49-39-45(37-47(53-49)43-23-13-9-14-24-43)41-27-29-42(30-28-41)46-38-48(44-25-15-10-16-26-44)54-50(40-46)52(32-18-8-6-4-2)35-21-12-22-36-52/h9-16,19-30,33,35,37-40H,3-8,17-18,31-32,34,36H2,1-2H3. The number of hydrogen-bond donors (Lipinski definition) is 0. The molecule has 0 aliphatic heterocycles. The Bertz CT molecular complexity index is 1930. The fourth-order valence-corrected chi connectivity index (χ4v) is 8.34. The molecule has 0 bridgehead atoms. The normalized spacial score (nSPS) is 19.0. The highest BCUT2D eigenvalue weighted by Gasteiger charge is 2.33. The molecule has 0 N–H and O–H groups in total. The minimum absolute atomic E-state index is 0.0987. The third-order valence-electron chi connectivity index (χ3n) is 11.6. The Morgan fingerprint density at radius 2 is 0.852 bits per heavy atom. The maximum atomic E-state index is 5.42. The molecule has 2 unspecified atom stereocenters. The van der Waals surface area contributed by atoms with Gasteiger partial charge in [0.15, 0.2) is 0 Å². The molecule has 274 valence electrons. The summed E-state index contributed by atoms with van der Waals surface area (Å²) in [5, 5.41) is 0. The maximum Gasteiger partial charge on any atom is 0.0711 e. The van der Waals surface area contributed by atoms with Crippen molar-refractivity contribution in [3.8, 4) is 44.8 Å². The molecular weight excluding hydrogens is 653 g/mol. The summed E-state index contributed by atoms with van der Waals surface area (Å²) >= 11 is 0. The summed E-state index contributed by atoms with van der Waals surface area (Å²) in [6.45, 7) is 4.57. The van der Waals surface area contributed by atoms with Crippen LogP contribution < -0.4 is 0 Å². The van der Waals surface area contributed by atoms with E-state index in [1.165, 1.54) is 85.0 Å². The van der Waals surface area contributed by atoms with Crippen LogP contribution in [0.1, 0.15) is 102 Å². The van der Waals surface area contributed by atoms with Gasteiger partial charge < -0.3 is 0 Å². The average Bonchev–Trinajstić information content (AvgIpc) is 3.25. The lowest BCUT2D eigenvalue weighted by atomic mass is 9.73. The van der Waals surface area contributed by atoms with Gasteiger partial charge in [0.25, 0.3) is 0 Å². The van der Waals surface area contributed by atoms with Gasteiger partial charge in [-0.05, 0) is 72.2 Å². The number of benzene rings is 3. The molecule has 0 spiro atoms. The molecule has 7 rings (SSSR count). The molecule has 0 amide bonds. The molecule has 2 nitrogen and oxygen atoms in total. The molecule has 5 aromatic rings. The summed E-state index contributed by atoms with van der Waals surface area (Å²) in [6, 6.07) is 39.9. The molecule has 0 radical (unpaired) electrons. The number of allylic oxidation sites excluding steroid dienone is 8. The molecule has 0 saturated heterocycles. The van der Waals surface area contributed by atoms with Gasteiger partial charge in [-0.1, -0.05) is 199 Å². The Morgan fingerprint density at radius 3 is 1.22 bits per heavy atom. The first-order valence-corrected chi connectivity index (χ1v) is 20.6. The van der Waals surface area contributed by atoms with E-state index in [-0.39, 0.29) is 10.8 Å². The third kappa shape index (κ3) is 8.65. The Balaban J connectivity index is 1.28. The van der Waals surface area contributed by atoms with E-state index in [1.807, 2.05) is 0 Å². The van der Waals surface area contributed by atoms with Crippen molar-refractivity contribution in [3.05, 3.63) is 169 Å². The number of rotatable bonds is 16. The van der Waals surface area contributed by atoms with Gasteiger partial charge in [0.2, 0.25) is 0 Å². The Hall–Kier alpha value is -5.08. The molecule has 2 heteroatoms. The van der Waals surface area contributed by atoms with Crippen LogP contribution in [-0.2, 0) is 10.8 Å². The summed E-state index contributed by atoms with van der Waals surface area (Å²) in [5.41, 5.74) is 11.4. The molecule has 2 atom stereocenters. The monoisotopic (exact) mass is 708 g/mol. The number of pyridine rings is 2. The summed E-state index contributed by atoms with van der Waals surface area (Å²) in [5.74, 6) is 0. The molecule has 2 aliphatic rings. The Kier molecular flexibility index (Phi) is 12.3. The minimum atomic E-state index is -0.0987. The van der Waals surface area contributed by atoms with Gasteiger partial charge in [0.05, 0.1) is 22.8 Å². The maximum absolute atomic E-state index is 5.42. The van der Waals surface area contributed by atoms with E-state index in [4.69, 9.17) is 9.97 Å². The number of hydrogen-bond acceptors (Lipinski definition) is 2. The van der Waals surface area contributed by atoms with E-state index in [2.05, 4.69) is 172 Å². The fourth-order valence-electron chi connectivity index (χ4n) is 8.34. The second kappa shape index (κ2) is 17.8. The van der Waals surface area contributed by atoms with Crippen LogP contribution in [0.25, 0.3) is 44.8 Å². The second-order valence-corrected chi connectivity index (χ2v) is 15.5. The molecule has 0 fully saturated rings. The van der Waals surface area contributed by atoms with E-state index in [1.54, 1.807) is 0 Å². The first kappa shape index (κ1) is 37.2. The molecule has 2 heterocycles. The van der Waals surface area contributed by atoms with Gasteiger partial charge in [-0.15, -0.1) is 0 Å². The van der Waals surface area contributed by atoms with Crippen LogP contribution in [0.5, 0.6) is 0 Å². The smallest absolute Gasteiger partial charge is 0.0711 e. The van der Waals surface area contributed by atoms with Gasteiger partial charge in [0.1, 0.15) is 0 Å². The van der Waals surface area contributed by atoms with Crippen LogP contribution in [0.15, 0.2) is 158 Å². The van der Waals surface area contributed by atoms with Crippen molar-refractivity contribution in [2.24, 2.45) is 0 Å². The summed E-state index contributed by atoms with van der Waals surface area (Å²) in [7, 11) is 0. The quantitative estimate of drug-likeness (QED) is 0.0954. The molecule has 3 aromatic carbocycles. The van der Waals surface area contributed by atoms with Crippen LogP contribution in [0, 0.1) is 0 Å². The van der Waals surface area contributed by atoms with Gasteiger partial charge in [-0.2, -0.15) is 0 Å². The van der Waals surface area contributed by atoms with Gasteiger partial charge in [-0.3, -0.25) is 9.97 Å². The molecule has 0 saturated carbocycles. The minimum Gasteiger partial charge on any atom is -0.252 e. The van der Waals surface area contributed by atoms with E-state index < -0.39 is 0 Å². The predicted molar refractivity (Wildman–Crippen MR) is 230 cm³/mol. The lowest BCUT2D eigenvalue weighted by Crippen LogP contribution is -2.26. The van der Waals surface area contributed by atoms with Crippen molar-refractivity contribution in [2.45, 2.75) is 102 Å². The lowest BCUT2D eigenvalue weighted by molar-refractivity contribution is 0.447. The van der Waals surface area contributed by atoms with E-state index >= 15 is 0 Å². The first-order valence-electron chi connectivity index (χ1n) is 20.6. The van der Waals surface area contributed by atoms with Crippen molar-refractivity contribution in [1.82, 2.24) is 9.97 Å². The first-order chi connectivity index (χ1) is 26.6. The van der Waals surface area contributed by atoms with Crippen LogP contribution in [-0.4, -0.2) is 9.97 Å². The SMILES string of the molecule is CCCCCCC1(c2cc(-c3ccc(-c4cc(-c5ccccc5)nc(C5(CCCCCC)C=CC=CC5)c4)cc3)cc(-c3ccccc3)n2)C=CC=CC1. The summed E-state index contributed by atoms with van der Waals surface area (Å²) in [4.78, 5) is 10.8. The van der Waals surface area contributed by atoms with Crippen molar-refractivity contribution in [2.75, 3.05) is 0 Å². The van der Waals surface area contributed by atoms with Crippen LogP contribution >= 0.6 is 0 Å². The molecule has 2 aliphatic carbocycles. The Labute approximate surface area is 324 Å². The molecule has 54 heavy (non-hydrogen) atoms. The van der Waals surface area contributed by atoms with Gasteiger partial charge in [-0.25, -0.2) is 0 Å². The lowest BCUT2D eigenvalue weighted by Gasteiger charge is -2.32. The third-order valence-corrected chi connectivity index (χ3v) is 11.6. The Morgan fingerprint density at radius 1 is 0.426 bits per heavy atom. The largest absolute Gasteiger partial charge is 0.252 e. The van der Waals surface area contributed by atoms with Crippen molar-refractivity contribution in [3.63, 3.8) is 0 Å². The van der Waals surface area contributed by atoms with Crippen LogP contribution in [0.4, 0.5) is 0 Å². The second-order valence-electron chi connectivity index (χ2n) is 15.5. The van der Waals surface area contributed by atoms with Crippen molar-refractivity contribution in [1.29, 1.82) is 0 Å². The summed E-state index contributed by atoms with van der Waals surface area (Å²) < 4.78 is 0. The zero-order valence-electron chi connectivity index (χ0n) is 32.4. The molecular formula is C52H56N2. The zero-order valence-corrected chi connectivity index (χ0v) is 32.4. The number of unbranched alkanes of at least 4 members (excludes halogenated alkanes) is 6. The van der Waals surface area contributed by atoms with Crippen molar-refractivity contribution >= 4 is 0 Å². The predicted octanol–water partition coefficient (Wildman–Crippen LogP) is 14.6. The van der Waals surface area contributed by atoms with Gasteiger partial charge in [0, 0.05) is 22.0 Å². The fraction of sp³-hybridized carbons (Fsp3) is 0.308.